The summed E-state index contributed by atoms with van der Waals surface area (Å²) in [6.45, 7) is 1.86. The van der Waals surface area contributed by atoms with Gasteiger partial charge in [0.25, 0.3) is 15.6 Å². The fourth-order valence-corrected chi connectivity index (χ4v) is 3.24. The topological polar surface area (TPSA) is 69.0 Å². The highest BCUT2D eigenvalue weighted by Gasteiger charge is 2.19. The summed E-state index contributed by atoms with van der Waals surface area (Å²) in [5.41, 5.74) is 0.817. The van der Waals surface area contributed by atoms with E-state index in [1.54, 1.807) is 36.4 Å². The van der Waals surface area contributed by atoms with Crippen molar-refractivity contribution in [3.05, 3.63) is 70.8 Å². The molecule has 0 atom stereocenters. The molecule has 0 aliphatic heterocycles. The smallest absolute Gasteiger partial charge is 0.267 e. The van der Waals surface area contributed by atoms with Crippen LogP contribution in [-0.2, 0) is 10.0 Å². The Balaban J connectivity index is 2.27. The van der Waals surface area contributed by atoms with Crippen LogP contribution >= 0.6 is 0 Å². The Bertz CT molecular complexity index is 974. The van der Waals surface area contributed by atoms with Crippen LogP contribution in [0.5, 0.6) is 0 Å². The summed E-state index contributed by atoms with van der Waals surface area (Å²) in [7, 11) is -3.94. The molecule has 2 aromatic carbocycles. The Hall–Kier alpha value is -2.47. The summed E-state index contributed by atoms with van der Waals surface area (Å²) in [5.74, 6) is 0. The molecule has 3 aromatic rings. The number of aryl methyl sites for hydroxylation is 1. The third-order valence-electron chi connectivity index (χ3n) is 3.21. The highest BCUT2D eigenvalue weighted by molar-refractivity contribution is 7.90. The molecule has 0 N–H and O–H groups in total. The second kappa shape index (κ2) is 4.82. The molecule has 0 fully saturated rings. The summed E-state index contributed by atoms with van der Waals surface area (Å²) >= 11 is 0. The number of nitrogens with zero attached hydrogens (tertiary/aromatic N) is 2. The van der Waals surface area contributed by atoms with E-state index in [4.69, 9.17) is 0 Å². The summed E-state index contributed by atoms with van der Waals surface area (Å²) in [4.78, 5) is 16.5. The van der Waals surface area contributed by atoms with Crippen LogP contribution in [0.25, 0.3) is 10.9 Å². The van der Waals surface area contributed by atoms with Crippen LogP contribution in [0.2, 0.25) is 0 Å². The first-order chi connectivity index (χ1) is 10.00. The quantitative estimate of drug-likeness (QED) is 0.725. The van der Waals surface area contributed by atoms with Crippen molar-refractivity contribution in [3.63, 3.8) is 0 Å². The van der Waals surface area contributed by atoms with Gasteiger partial charge in [-0.15, -0.1) is 0 Å². The maximum absolute atomic E-state index is 12.5. The first kappa shape index (κ1) is 13.5. The predicted octanol–water partition coefficient (Wildman–Crippen LogP) is 1.94. The number of para-hydroxylation sites is 1. The van der Waals surface area contributed by atoms with Crippen molar-refractivity contribution >= 4 is 20.9 Å². The van der Waals surface area contributed by atoms with E-state index >= 15 is 0 Å². The first-order valence-electron chi connectivity index (χ1n) is 6.29. The maximum Gasteiger partial charge on any atom is 0.275 e. The van der Waals surface area contributed by atoms with Crippen LogP contribution in [0.4, 0.5) is 0 Å². The number of hydrogen-bond acceptors (Lipinski definition) is 4. The number of hydrogen-bond donors (Lipinski definition) is 0. The monoisotopic (exact) mass is 300 g/mol. The van der Waals surface area contributed by atoms with Crippen LogP contribution in [-0.4, -0.2) is 17.4 Å². The van der Waals surface area contributed by atoms with Gasteiger partial charge in [0.15, 0.2) is 0 Å². The van der Waals surface area contributed by atoms with E-state index in [1.807, 2.05) is 6.92 Å². The van der Waals surface area contributed by atoms with Crippen molar-refractivity contribution in [2.45, 2.75) is 11.8 Å². The molecule has 0 aliphatic carbocycles. The molecule has 1 aromatic heterocycles. The lowest BCUT2D eigenvalue weighted by Crippen LogP contribution is -2.27. The summed E-state index contributed by atoms with van der Waals surface area (Å²) in [6.07, 6.45) is 1.06. The fourth-order valence-electron chi connectivity index (χ4n) is 2.05. The molecule has 6 heteroatoms. The number of benzene rings is 2. The zero-order valence-electron chi connectivity index (χ0n) is 11.2. The van der Waals surface area contributed by atoms with E-state index in [0.717, 1.165) is 11.9 Å². The standard InChI is InChI=1S/C15H12N2O3S/c1-11-6-8-12(9-7-11)21(19,20)17-10-16-14-5-3-2-4-13(14)15(17)18/h2-10H,1H3. The molecule has 5 nitrogen and oxygen atoms in total. The molecular weight excluding hydrogens is 288 g/mol. The van der Waals surface area contributed by atoms with Gasteiger partial charge in [-0.25, -0.2) is 13.4 Å². The lowest BCUT2D eigenvalue weighted by Gasteiger charge is -2.08. The molecule has 0 unspecified atom stereocenters. The van der Waals surface area contributed by atoms with Crippen molar-refractivity contribution in [2.75, 3.05) is 0 Å². The molecule has 0 amide bonds. The van der Waals surface area contributed by atoms with E-state index in [1.165, 1.54) is 12.1 Å². The van der Waals surface area contributed by atoms with E-state index in [-0.39, 0.29) is 10.3 Å². The first-order valence-corrected chi connectivity index (χ1v) is 7.73. The van der Waals surface area contributed by atoms with Crippen LogP contribution in [0.1, 0.15) is 5.56 Å². The summed E-state index contributed by atoms with van der Waals surface area (Å²) in [6, 6.07) is 13.0. The van der Waals surface area contributed by atoms with Gasteiger partial charge < -0.3 is 0 Å². The van der Waals surface area contributed by atoms with Gasteiger partial charge in [-0.3, -0.25) is 4.79 Å². The van der Waals surface area contributed by atoms with Crippen LogP contribution in [0, 0.1) is 6.92 Å². The minimum atomic E-state index is -3.94. The Morgan fingerprint density at radius 2 is 1.67 bits per heavy atom. The Labute approximate surface area is 121 Å². The minimum Gasteiger partial charge on any atom is -0.267 e. The molecular formula is C15H12N2O3S. The average molecular weight is 300 g/mol. The van der Waals surface area contributed by atoms with Crippen molar-refractivity contribution in [2.24, 2.45) is 0 Å². The van der Waals surface area contributed by atoms with Crippen LogP contribution < -0.4 is 5.56 Å². The van der Waals surface area contributed by atoms with E-state index in [2.05, 4.69) is 4.98 Å². The molecule has 0 spiro atoms. The SMILES string of the molecule is Cc1ccc(S(=O)(=O)n2cnc3ccccc3c2=O)cc1. The minimum absolute atomic E-state index is 0.0623. The number of aromatic nitrogens is 2. The molecule has 106 valence electrons. The summed E-state index contributed by atoms with van der Waals surface area (Å²) < 4.78 is 25.7. The van der Waals surface area contributed by atoms with Gasteiger partial charge in [-0.2, -0.15) is 3.97 Å². The van der Waals surface area contributed by atoms with Gasteiger partial charge >= 0.3 is 0 Å². The van der Waals surface area contributed by atoms with Crippen molar-refractivity contribution < 1.29 is 8.42 Å². The van der Waals surface area contributed by atoms with Crippen LogP contribution in [0.3, 0.4) is 0 Å². The highest BCUT2D eigenvalue weighted by atomic mass is 32.2. The largest absolute Gasteiger partial charge is 0.275 e. The Morgan fingerprint density at radius 1 is 1.00 bits per heavy atom. The van der Waals surface area contributed by atoms with Gasteiger partial charge in [0.2, 0.25) is 0 Å². The molecule has 0 saturated heterocycles. The van der Waals surface area contributed by atoms with Crippen molar-refractivity contribution in [3.8, 4) is 0 Å². The molecule has 0 aliphatic rings. The van der Waals surface area contributed by atoms with Gasteiger partial charge in [0, 0.05) is 0 Å². The normalized spacial score (nSPS) is 11.7. The van der Waals surface area contributed by atoms with Crippen LogP contribution in [0.15, 0.2) is 64.5 Å². The molecule has 0 saturated carbocycles. The molecule has 0 bridgehead atoms. The van der Waals surface area contributed by atoms with Gasteiger partial charge in [-0.05, 0) is 31.2 Å². The second-order valence-electron chi connectivity index (χ2n) is 4.68. The van der Waals surface area contributed by atoms with Crippen molar-refractivity contribution in [1.82, 2.24) is 8.96 Å². The third kappa shape index (κ3) is 2.23. The molecule has 3 rings (SSSR count). The Kier molecular flexibility index (Phi) is 3.10. The summed E-state index contributed by atoms with van der Waals surface area (Å²) in [5, 5.41) is 0.274. The highest BCUT2D eigenvalue weighted by Crippen LogP contribution is 2.14. The second-order valence-corrected chi connectivity index (χ2v) is 6.50. The van der Waals surface area contributed by atoms with E-state index in [0.29, 0.717) is 9.49 Å². The van der Waals surface area contributed by atoms with Crippen molar-refractivity contribution in [1.29, 1.82) is 0 Å². The van der Waals surface area contributed by atoms with Gasteiger partial charge in [0.1, 0.15) is 6.33 Å². The zero-order chi connectivity index (χ0) is 15.0. The number of rotatable bonds is 2. The lowest BCUT2D eigenvalue weighted by atomic mass is 10.2. The van der Waals surface area contributed by atoms with E-state index in [9.17, 15) is 13.2 Å². The molecule has 21 heavy (non-hydrogen) atoms. The van der Waals surface area contributed by atoms with Gasteiger partial charge in [-0.1, -0.05) is 29.8 Å². The third-order valence-corrected chi connectivity index (χ3v) is 4.86. The maximum atomic E-state index is 12.5. The van der Waals surface area contributed by atoms with E-state index < -0.39 is 15.6 Å². The van der Waals surface area contributed by atoms with Gasteiger partial charge in [0.05, 0.1) is 15.8 Å². The lowest BCUT2D eigenvalue weighted by molar-refractivity contribution is 0.585. The number of fused-ring (bicyclic) bond motifs is 1. The molecule has 1 heterocycles. The predicted molar refractivity (Wildman–Crippen MR) is 79.8 cm³/mol. The Morgan fingerprint density at radius 3 is 2.38 bits per heavy atom. The molecule has 0 radical (unpaired) electrons. The average Bonchev–Trinajstić information content (AvgIpc) is 2.48. The fraction of sp³-hybridized carbons (Fsp3) is 0.0667. The zero-order valence-corrected chi connectivity index (χ0v) is 12.0.